The molecule has 0 spiro atoms. The number of carbonyl (C=O) groups is 1. The maximum absolute atomic E-state index is 10.8. The second-order valence-corrected chi connectivity index (χ2v) is 5.29. The highest BCUT2D eigenvalue weighted by molar-refractivity contribution is 5.92. The molecular weight excluding hydrogens is 234 g/mol. The van der Waals surface area contributed by atoms with Gasteiger partial charge in [-0.15, -0.1) is 6.42 Å². The first kappa shape index (κ1) is 18.0. The van der Waals surface area contributed by atoms with Crippen LogP contribution in [0, 0.1) is 12.3 Å². The molecule has 19 heavy (non-hydrogen) atoms. The highest BCUT2D eigenvalue weighted by atomic mass is 16.1. The van der Waals surface area contributed by atoms with Crippen molar-refractivity contribution in [2.45, 2.75) is 84.0 Å². The molecule has 0 aromatic rings. The van der Waals surface area contributed by atoms with Crippen LogP contribution in [0.5, 0.6) is 0 Å². The zero-order valence-electron chi connectivity index (χ0n) is 12.7. The van der Waals surface area contributed by atoms with E-state index in [4.69, 9.17) is 6.42 Å². The van der Waals surface area contributed by atoms with Crippen LogP contribution in [0.15, 0.2) is 0 Å². The molecule has 0 aromatic heterocycles. The fourth-order valence-corrected chi connectivity index (χ4v) is 2.22. The Bertz CT molecular complexity index is 242. The summed E-state index contributed by atoms with van der Waals surface area (Å²) in [5, 5.41) is 2.69. The van der Waals surface area contributed by atoms with Crippen LogP contribution in [0.2, 0.25) is 0 Å². The monoisotopic (exact) mass is 265 g/mol. The Balaban J connectivity index is 2.99. The average molecular weight is 265 g/mol. The molecule has 2 nitrogen and oxygen atoms in total. The minimum absolute atomic E-state index is 0.289. The molecule has 0 bridgehead atoms. The Morgan fingerprint density at radius 3 is 1.68 bits per heavy atom. The number of hydrogen-bond acceptors (Lipinski definition) is 1. The van der Waals surface area contributed by atoms with Gasteiger partial charge in [0.2, 0.25) is 0 Å². The molecule has 110 valence electrons. The minimum Gasteiger partial charge on any atom is -0.345 e. The highest BCUT2D eigenvalue weighted by Gasteiger charge is 1.95. The predicted octanol–water partition coefficient (Wildman–Crippen LogP) is 4.44. The molecule has 0 atom stereocenters. The van der Waals surface area contributed by atoms with Crippen LogP contribution in [0.25, 0.3) is 0 Å². The van der Waals surface area contributed by atoms with Gasteiger partial charge in [0.1, 0.15) is 0 Å². The van der Waals surface area contributed by atoms with Gasteiger partial charge >= 0.3 is 0 Å². The quantitative estimate of drug-likeness (QED) is 0.387. The first-order valence-electron chi connectivity index (χ1n) is 8.05. The van der Waals surface area contributed by atoms with E-state index in [1.54, 1.807) is 0 Å². The zero-order chi connectivity index (χ0) is 14.2. The van der Waals surface area contributed by atoms with Crippen LogP contribution in [0.3, 0.4) is 0 Å². The van der Waals surface area contributed by atoms with Crippen LogP contribution in [0.1, 0.15) is 84.0 Å². The minimum atomic E-state index is -0.289. The van der Waals surface area contributed by atoms with Gasteiger partial charge in [0.15, 0.2) is 0 Å². The predicted molar refractivity (Wildman–Crippen MR) is 82.9 cm³/mol. The van der Waals surface area contributed by atoms with Crippen molar-refractivity contribution >= 4 is 5.91 Å². The Kier molecular flexibility index (Phi) is 14.3. The summed E-state index contributed by atoms with van der Waals surface area (Å²) < 4.78 is 0. The van der Waals surface area contributed by atoms with Gasteiger partial charge in [0.25, 0.3) is 5.91 Å². The normalized spacial score (nSPS) is 10.1. The van der Waals surface area contributed by atoms with E-state index < -0.39 is 0 Å². The summed E-state index contributed by atoms with van der Waals surface area (Å²) in [6.07, 6.45) is 21.0. The van der Waals surface area contributed by atoms with Crippen molar-refractivity contribution in [3.8, 4) is 12.3 Å². The molecule has 1 N–H and O–H groups in total. The third kappa shape index (κ3) is 15.0. The van der Waals surface area contributed by atoms with Crippen molar-refractivity contribution in [2.75, 3.05) is 6.54 Å². The van der Waals surface area contributed by atoms with Gasteiger partial charge < -0.3 is 5.32 Å². The fraction of sp³-hybridized carbons (Fsp3) is 0.824. The van der Waals surface area contributed by atoms with E-state index in [0.29, 0.717) is 0 Å². The molecule has 0 aliphatic carbocycles. The summed E-state index contributed by atoms with van der Waals surface area (Å²) in [6, 6.07) is 0. The van der Waals surface area contributed by atoms with Crippen molar-refractivity contribution in [3.63, 3.8) is 0 Å². The van der Waals surface area contributed by atoms with Crippen molar-refractivity contribution < 1.29 is 4.79 Å². The first-order chi connectivity index (χ1) is 9.31. The van der Waals surface area contributed by atoms with Crippen LogP contribution in [-0.4, -0.2) is 12.5 Å². The van der Waals surface area contributed by atoms with Crippen LogP contribution in [0.4, 0.5) is 0 Å². The molecule has 0 saturated heterocycles. The van der Waals surface area contributed by atoms with E-state index >= 15 is 0 Å². The van der Waals surface area contributed by atoms with Crippen molar-refractivity contribution in [2.24, 2.45) is 0 Å². The Hall–Kier alpha value is -0.970. The fourth-order valence-electron chi connectivity index (χ4n) is 2.22. The highest BCUT2D eigenvalue weighted by Crippen LogP contribution is 2.11. The van der Waals surface area contributed by atoms with E-state index in [1.165, 1.54) is 70.6 Å². The SMILES string of the molecule is C#CC(=O)NCCCCCCCCCCCCCC. The number of terminal acetylenes is 1. The molecule has 0 unspecified atom stereocenters. The number of nitrogens with one attached hydrogen (secondary N) is 1. The molecular formula is C17H31NO. The third-order valence-electron chi connectivity index (χ3n) is 3.45. The van der Waals surface area contributed by atoms with E-state index in [2.05, 4.69) is 18.2 Å². The lowest BCUT2D eigenvalue weighted by molar-refractivity contribution is -0.115. The molecule has 1 amide bonds. The summed E-state index contributed by atoms with van der Waals surface area (Å²) in [4.78, 5) is 10.8. The van der Waals surface area contributed by atoms with Gasteiger partial charge in [-0.1, -0.05) is 77.6 Å². The summed E-state index contributed by atoms with van der Waals surface area (Å²) in [5.74, 6) is 1.77. The Morgan fingerprint density at radius 1 is 0.842 bits per heavy atom. The lowest BCUT2D eigenvalue weighted by Crippen LogP contribution is -2.22. The number of amides is 1. The maximum atomic E-state index is 10.8. The topological polar surface area (TPSA) is 29.1 Å². The summed E-state index contributed by atoms with van der Waals surface area (Å²) in [5.41, 5.74) is 0. The van der Waals surface area contributed by atoms with Gasteiger partial charge in [0.05, 0.1) is 0 Å². The standard InChI is InChI=1S/C17H31NO/c1-3-5-6-7-8-9-10-11-12-13-14-15-16-18-17(19)4-2/h2H,3,5-16H2,1H3,(H,18,19). The zero-order valence-corrected chi connectivity index (χ0v) is 12.7. The lowest BCUT2D eigenvalue weighted by Gasteiger charge is -2.03. The number of hydrogen-bond donors (Lipinski definition) is 1. The van der Waals surface area contributed by atoms with E-state index in [0.717, 1.165) is 13.0 Å². The van der Waals surface area contributed by atoms with E-state index in [-0.39, 0.29) is 5.91 Å². The number of rotatable bonds is 13. The molecule has 0 radical (unpaired) electrons. The van der Waals surface area contributed by atoms with Gasteiger partial charge in [0, 0.05) is 6.54 Å². The van der Waals surface area contributed by atoms with Crippen LogP contribution >= 0.6 is 0 Å². The van der Waals surface area contributed by atoms with E-state index in [1.807, 2.05) is 0 Å². The molecule has 0 aromatic carbocycles. The second kappa shape index (κ2) is 15.1. The largest absolute Gasteiger partial charge is 0.345 e. The summed E-state index contributed by atoms with van der Waals surface area (Å²) >= 11 is 0. The van der Waals surface area contributed by atoms with Crippen molar-refractivity contribution in [1.82, 2.24) is 5.32 Å². The van der Waals surface area contributed by atoms with Crippen LogP contribution < -0.4 is 5.32 Å². The average Bonchev–Trinajstić information content (AvgIpc) is 2.43. The van der Waals surface area contributed by atoms with Gasteiger partial charge in [-0.3, -0.25) is 4.79 Å². The molecule has 0 fully saturated rings. The molecule has 0 heterocycles. The lowest BCUT2D eigenvalue weighted by atomic mass is 10.1. The summed E-state index contributed by atoms with van der Waals surface area (Å²) in [6.45, 7) is 2.98. The molecule has 0 aliphatic rings. The van der Waals surface area contributed by atoms with Gasteiger partial charge in [-0.25, -0.2) is 0 Å². The third-order valence-corrected chi connectivity index (χ3v) is 3.45. The second-order valence-electron chi connectivity index (χ2n) is 5.29. The van der Waals surface area contributed by atoms with Crippen LogP contribution in [-0.2, 0) is 4.79 Å². The van der Waals surface area contributed by atoms with Gasteiger partial charge in [-0.05, 0) is 12.3 Å². The van der Waals surface area contributed by atoms with Crippen molar-refractivity contribution in [1.29, 1.82) is 0 Å². The molecule has 0 rings (SSSR count). The van der Waals surface area contributed by atoms with Gasteiger partial charge in [-0.2, -0.15) is 0 Å². The van der Waals surface area contributed by atoms with E-state index in [9.17, 15) is 4.79 Å². The first-order valence-corrected chi connectivity index (χ1v) is 8.05. The Morgan fingerprint density at radius 2 is 1.26 bits per heavy atom. The number of unbranched alkanes of at least 4 members (excludes halogenated alkanes) is 11. The van der Waals surface area contributed by atoms with Crippen molar-refractivity contribution in [3.05, 3.63) is 0 Å². The number of carbonyl (C=O) groups excluding carboxylic acids is 1. The molecule has 0 aliphatic heterocycles. The maximum Gasteiger partial charge on any atom is 0.295 e. The molecule has 0 saturated carbocycles. The summed E-state index contributed by atoms with van der Waals surface area (Å²) in [7, 11) is 0. The smallest absolute Gasteiger partial charge is 0.295 e. The molecule has 2 heteroatoms. The Labute approximate surface area is 119 Å².